The summed E-state index contributed by atoms with van der Waals surface area (Å²) in [5, 5.41) is 7.40. The fourth-order valence-corrected chi connectivity index (χ4v) is 3.24. The van der Waals surface area contributed by atoms with Gasteiger partial charge < -0.3 is 14.7 Å². The summed E-state index contributed by atoms with van der Waals surface area (Å²) < 4.78 is 44.0. The highest BCUT2D eigenvalue weighted by atomic mass is 19.4. The number of anilines is 1. The van der Waals surface area contributed by atoms with Crippen LogP contribution in [0.2, 0.25) is 0 Å². The quantitative estimate of drug-likeness (QED) is 0.723. The third-order valence-electron chi connectivity index (χ3n) is 4.98. The van der Waals surface area contributed by atoms with E-state index >= 15 is 0 Å². The van der Waals surface area contributed by atoms with E-state index in [1.54, 1.807) is 6.07 Å². The van der Waals surface area contributed by atoms with Gasteiger partial charge >= 0.3 is 6.18 Å². The third kappa shape index (κ3) is 5.48. The topological polar surface area (TPSA) is 44.5 Å². The molecule has 0 saturated carbocycles. The second-order valence-electron chi connectivity index (χ2n) is 7.43. The summed E-state index contributed by atoms with van der Waals surface area (Å²) in [6.45, 7) is 9.62. The van der Waals surface area contributed by atoms with Crippen LogP contribution in [-0.2, 0) is 12.7 Å². The van der Waals surface area contributed by atoms with E-state index < -0.39 is 11.7 Å². The van der Waals surface area contributed by atoms with Crippen LogP contribution in [0.15, 0.2) is 34.9 Å². The lowest BCUT2D eigenvalue weighted by molar-refractivity contribution is -0.137. The fourth-order valence-electron chi connectivity index (χ4n) is 3.24. The molecule has 0 radical (unpaired) electrons. The van der Waals surface area contributed by atoms with Gasteiger partial charge in [0.15, 0.2) is 5.76 Å². The van der Waals surface area contributed by atoms with Gasteiger partial charge in [0.05, 0.1) is 17.8 Å². The van der Waals surface area contributed by atoms with E-state index in [0.717, 1.165) is 56.8 Å². The van der Waals surface area contributed by atoms with E-state index in [9.17, 15) is 13.2 Å². The number of alkyl halides is 3. The van der Waals surface area contributed by atoms with Crippen LogP contribution < -0.4 is 10.2 Å². The van der Waals surface area contributed by atoms with E-state index in [-0.39, 0.29) is 0 Å². The number of aromatic nitrogens is 1. The van der Waals surface area contributed by atoms with Crippen molar-refractivity contribution in [2.75, 3.05) is 44.2 Å². The minimum Gasteiger partial charge on any atom is -0.369 e. The lowest BCUT2D eigenvalue weighted by atomic mass is 10.1. The Morgan fingerprint density at radius 3 is 2.54 bits per heavy atom. The monoisotopic (exact) mass is 396 g/mol. The molecule has 3 rings (SSSR count). The van der Waals surface area contributed by atoms with Gasteiger partial charge in [0, 0.05) is 51.0 Å². The summed E-state index contributed by atoms with van der Waals surface area (Å²) >= 11 is 0. The maximum absolute atomic E-state index is 12.9. The van der Waals surface area contributed by atoms with Crippen molar-refractivity contribution in [2.45, 2.75) is 32.5 Å². The molecule has 154 valence electrons. The molecule has 1 fully saturated rings. The molecule has 1 aromatic heterocycles. The smallest absolute Gasteiger partial charge is 0.369 e. The first-order valence-electron chi connectivity index (χ1n) is 9.63. The molecule has 0 amide bonds. The summed E-state index contributed by atoms with van der Waals surface area (Å²) in [7, 11) is 0. The Morgan fingerprint density at radius 2 is 1.89 bits per heavy atom. The largest absolute Gasteiger partial charge is 0.416 e. The zero-order valence-electron chi connectivity index (χ0n) is 16.3. The van der Waals surface area contributed by atoms with Gasteiger partial charge in [-0.1, -0.05) is 25.1 Å². The average molecular weight is 396 g/mol. The number of halogens is 3. The summed E-state index contributed by atoms with van der Waals surface area (Å²) in [5.74, 6) is 1.18. The Bertz CT molecular complexity index is 752. The number of benzene rings is 1. The molecule has 1 aliphatic rings. The first-order chi connectivity index (χ1) is 13.3. The summed E-state index contributed by atoms with van der Waals surface area (Å²) in [6, 6.07) is 7.55. The van der Waals surface area contributed by atoms with E-state index in [1.807, 2.05) is 11.0 Å². The Labute approximate surface area is 163 Å². The highest BCUT2D eigenvalue weighted by Crippen LogP contribution is 2.31. The lowest BCUT2D eigenvalue weighted by Gasteiger charge is -2.36. The maximum Gasteiger partial charge on any atom is 0.416 e. The molecule has 2 heterocycles. The van der Waals surface area contributed by atoms with Crippen molar-refractivity contribution in [3.63, 3.8) is 0 Å². The molecule has 1 saturated heterocycles. The van der Waals surface area contributed by atoms with Crippen molar-refractivity contribution >= 4 is 5.69 Å². The van der Waals surface area contributed by atoms with Gasteiger partial charge in [0.25, 0.3) is 0 Å². The second-order valence-corrected chi connectivity index (χ2v) is 7.43. The van der Waals surface area contributed by atoms with Gasteiger partial charge in [-0.05, 0) is 24.1 Å². The molecule has 0 unspecified atom stereocenters. The Morgan fingerprint density at radius 1 is 1.14 bits per heavy atom. The van der Waals surface area contributed by atoms with Crippen LogP contribution in [0.1, 0.15) is 36.8 Å². The molecule has 28 heavy (non-hydrogen) atoms. The predicted molar refractivity (Wildman–Crippen MR) is 102 cm³/mol. The third-order valence-corrected chi connectivity index (χ3v) is 4.98. The molecule has 1 aliphatic heterocycles. The summed E-state index contributed by atoms with van der Waals surface area (Å²) in [6.07, 6.45) is -4.30. The van der Waals surface area contributed by atoms with Crippen LogP contribution in [0.4, 0.5) is 18.9 Å². The Hall–Kier alpha value is -2.06. The van der Waals surface area contributed by atoms with Gasteiger partial charge in [-0.3, -0.25) is 4.90 Å². The molecular formula is C20H27F3N4O. The van der Waals surface area contributed by atoms with E-state index in [2.05, 4.69) is 29.2 Å². The van der Waals surface area contributed by atoms with Gasteiger partial charge in [-0.15, -0.1) is 0 Å². The van der Waals surface area contributed by atoms with Crippen LogP contribution in [0.25, 0.3) is 0 Å². The second kappa shape index (κ2) is 8.96. The van der Waals surface area contributed by atoms with Crippen molar-refractivity contribution in [1.29, 1.82) is 0 Å². The van der Waals surface area contributed by atoms with Crippen LogP contribution >= 0.6 is 0 Å². The van der Waals surface area contributed by atoms with Crippen LogP contribution in [0.3, 0.4) is 0 Å². The molecule has 8 heteroatoms. The summed E-state index contributed by atoms with van der Waals surface area (Å²) in [4.78, 5) is 4.33. The lowest BCUT2D eigenvalue weighted by Crippen LogP contribution is -2.48. The van der Waals surface area contributed by atoms with Gasteiger partial charge in [0.1, 0.15) is 0 Å². The normalized spacial score (nSPS) is 16.1. The molecule has 0 bridgehead atoms. The molecule has 2 aromatic rings. The zero-order valence-corrected chi connectivity index (χ0v) is 16.3. The molecule has 0 aliphatic carbocycles. The highest BCUT2D eigenvalue weighted by molar-refractivity contribution is 5.49. The minimum absolute atomic E-state index is 0.352. The highest BCUT2D eigenvalue weighted by Gasteiger charge is 2.31. The number of hydrogen-bond donors (Lipinski definition) is 1. The maximum atomic E-state index is 12.9. The van der Waals surface area contributed by atoms with E-state index in [4.69, 9.17) is 4.52 Å². The Kier molecular flexibility index (Phi) is 6.61. The number of rotatable bonds is 7. The van der Waals surface area contributed by atoms with Crippen LogP contribution in [-0.4, -0.2) is 49.3 Å². The number of nitrogens with zero attached hydrogens (tertiary/aromatic N) is 3. The molecule has 1 N–H and O–H groups in total. The molecule has 1 aromatic carbocycles. The number of hydrogen-bond acceptors (Lipinski definition) is 5. The van der Waals surface area contributed by atoms with Gasteiger partial charge in [-0.25, -0.2) is 0 Å². The molecular weight excluding hydrogens is 369 g/mol. The SMILES string of the molecule is CC(C)c1cc(CNCCN2CCN(c3cccc(C(F)(F)F)c3)CC2)on1. The minimum atomic E-state index is -4.30. The molecule has 5 nitrogen and oxygen atoms in total. The summed E-state index contributed by atoms with van der Waals surface area (Å²) in [5.41, 5.74) is 1.01. The standard InChI is InChI=1S/C20H27F3N4O/c1-15(2)19-13-18(28-25-19)14-24-6-7-26-8-10-27(11-9-26)17-5-3-4-16(12-17)20(21,22)23/h3-5,12-13,15,24H,6-11,14H2,1-2H3. The van der Waals surface area contributed by atoms with E-state index in [1.165, 1.54) is 12.1 Å². The van der Waals surface area contributed by atoms with Crippen molar-refractivity contribution in [3.05, 3.63) is 47.3 Å². The van der Waals surface area contributed by atoms with Gasteiger partial charge in [-0.2, -0.15) is 13.2 Å². The van der Waals surface area contributed by atoms with Crippen molar-refractivity contribution in [1.82, 2.24) is 15.4 Å². The fraction of sp³-hybridized carbons (Fsp3) is 0.550. The first-order valence-corrected chi connectivity index (χ1v) is 9.63. The van der Waals surface area contributed by atoms with Crippen LogP contribution in [0, 0.1) is 0 Å². The zero-order chi connectivity index (χ0) is 20.1. The van der Waals surface area contributed by atoms with Crippen molar-refractivity contribution in [2.24, 2.45) is 0 Å². The average Bonchev–Trinajstić information content (AvgIpc) is 3.14. The van der Waals surface area contributed by atoms with Crippen molar-refractivity contribution in [3.8, 4) is 0 Å². The van der Waals surface area contributed by atoms with Gasteiger partial charge in [0.2, 0.25) is 0 Å². The Balaban J connectivity index is 1.39. The molecule has 0 atom stereocenters. The van der Waals surface area contributed by atoms with Crippen molar-refractivity contribution < 1.29 is 17.7 Å². The van der Waals surface area contributed by atoms with E-state index in [0.29, 0.717) is 18.2 Å². The first kappa shape index (κ1) is 20.7. The molecule has 0 spiro atoms. The van der Waals surface area contributed by atoms with Crippen LogP contribution in [0.5, 0.6) is 0 Å². The predicted octanol–water partition coefficient (Wildman–Crippen LogP) is 3.73. The number of nitrogens with one attached hydrogen (secondary N) is 1. The number of piperazine rings is 1.